The van der Waals surface area contributed by atoms with E-state index < -0.39 is 5.82 Å². The third-order valence-corrected chi connectivity index (χ3v) is 3.68. The first-order chi connectivity index (χ1) is 11.1. The highest BCUT2D eigenvalue weighted by atomic mass is 35.5. The number of hydrogen-bond donors (Lipinski definition) is 1. The molecule has 0 unspecified atom stereocenters. The van der Waals surface area contributed by atoms with Crippen LogP contribution in [0.5, 0.6) is 0 Å². The Balaban J connectivity index is 1.76. The zero-order chi connectivity index (χ0) is 16.2. The molecule has 0 bridgehead atoms. The molecule has 118 valence electrons. The molecule has 0 fully saturated rings. The zero-order valence-electron chi connectivity index (χ0n) is 12.1. The molecule has 3 rings (SSSR count). The van der Waals surface area contributed by atoms with Gasteiger partial charge in [0.1, 0.15) is 11.6 Å². The fourth-order valence-electron chi connectivity index (χ4n) is 2.36. The van der Waals surface area contributed by atoms with E-state index in [0.29, 0.717) is 5.76 Å². The van der Waals surface area contributed by atoms with E-state index in [0.717, 1.165) is 6.07 Å². The molecule has 6 heteroatoms. The maximum absolute atomic E-state index is 13.8. The van der Waals surface area contributed by atoms with Gasteiger partial charge in [-0.1, -0.05) is 11.6 Å². The maximum atomic E-state index is 13.8. The van der Waals surface area contributed by atoms with Gasteiger partial charge in [-0.25, -0.2) is 4.39 Å². The van der Waals surface area contributed by atoms with E-state index in [2.05, 4.69) is 5.32 Å². The Labute approximate surface area is 137 Å². The monoisotopic (exact) mass is 332 g/mol. The normalized spacial score (nSPS) is 12.1. The van der Waals surface area contributed by atoms with Crippen molar-refractivity contribution in [3.05, 3.63) is 77.7 Å². The molecule has 0 spiro atoms. The van der Waals surface area contributed by atoms with Crippen LogP contribution >= 0.6 is 11.6 Å². The third-order valence-electron chi connectivity index (χ3n) is 3.44. The zero-order valence-corrected chi connectivity index (χ0v) is 12.8. The largest absolute Gasteiger partial charge is 0.467 e. The van der Waals surface area contributed by atoms with Gasteiger partial charge in [0.15, 0.2) is 0 Å². The standard InChI is InChI=1S/C17H14ClFN2O2/c18-12-5-6-14(13(19)10-12)20-17(22)11-15(16-4-3-9-23-16)21-7-1-2-8-21/h1-10,15H,11H2,(H,20,22)/t15-/m0/s1. The summed E-state index contributed by atoms with van der Waals surface area (Å²) >= 11 is 5.70. The lowest BCUT2D eigenvalue weighted by Gasteiger charge is -2.16. The summed E-state index contributed by atoms with van der Waals surface area (Å²) in [6.07, 6.45) is 5.37. The van der Waals surface area contributed by atoms with Crippen molar-refractivity contribution in [3.63, 3.8) is 0 Å². The van der Waals surface area contributed by atoms with Gasteiger partial charge in [-0.3, -0.25) is 4.79 Å². The van der Waals surface area contributed by atoms with E-state index in [1.54, 1.807) is 18.4 Å². The minimum atomic E-state index is -0.568. The number of rotatable bonds is 5. The van der Waals surface area contributed by atoms with Gasteiger partial charge in [0, 0.05) is 17.4 Å². The van der Waals surface area contributed by atoms with Gasteiger partial charge in [0.2, 0.25) is 5.91 Å². The highest BCUT2D eigenvalue weighted by Crippen LogP contribution is 2.24. The number of carbonyl (C=O) groups excluding carboxylic acids is 1. The van der Waals surface area contributed by atoms with Crippen LogP contribution in [0.3, 0.4) is 0 Å². The maximum Gasteiger partial charge on any atom is 0.227 e. The molecule has 4 nitrogen and oxygen atoms in total. The van der Waals surface area contributed by atoms with Gasteiger partial charge in [-0.2, -0.15) is 0 Å². The van der Waals surface area contributed by atoms with Gasteiger partial charge >= 0.3 is 0 Å². The van der Waals surface area contributed by atoms with Crippen molar-refractivity contribution in [3.8, 4) is 0 Å². The number of amides is 1. The fourth-order valence-corrected chi connectivity index (χ4v) is 2.52. The van der Waals surface area contributed by atoms with Crippen LogP contribution in [0.4, 0.5) is 10.1 Å². The molecule has 0 saturated carbocycles. The second kappa shape index (κ2) is 6.71. The van der Waals surface area contributed by atoms with Crippen molar-refractivity contribution in [2.45, 2.75) is 12.5 Å². The summed E-state index contributed by atoms with van der Waals surface area (Å²) in [5.74, 6) is -0.226. The molecule has 0 aliphatic rings. The molecule has 1 aromatic carbocycles. The summed E-state index contributed by atoms with van der Waals surface area (Å²) in [7, 11) is 0. The lowest BCUT2D eigenvalue weighted by Crippen LogP contribution is -2.19. The molecule has 1 amide bonds. The minimum Gasteiger partial charge on any atom is -0.467 e. The van der Waals surface area contributed by atoms with Crippen LogP contribution in [-0.2, 0) is 4.79 Å². The SMILES string of the molecule is O=C(C[C@@H](c1ccco1)n1cccc1)Nc1ccc(Cl)cc1F. The average molecular weight is 333 g/mol. The Hall–Kier alpha value is -2.53. The topological polar surface area (TPSA) is 47.2 Å². The minimum absolute atomic E-state index is 0.102. The number of nitrogens with one attached hydrogen (secondary N) is 1. The molecule has 3 aromatic rings. The van der Waals surface area contributed by atoms with E-state index in [-0.39, 0.29) is 29.1 Å². The van der Waals surface area contributed by atoms with Gasteiger partial charge in [-0.15, -0.1) is 0 Å². The van der Waals surface area contributed by atoms with Gasteiger partial charge in [-0.05, 0) is 42.5 Å². The highest BCUT2D eigenvalue weighted by molar-refractivity contribution is 6.30. The first-order valence-electron chi connectivity index (χ1n) is 7.04. The Morgan fingerprint density at radius 3 is 2.70 bits per heavy atom. The van der Waals surface area contributed by atoms with Crippen LogP contribution in [-0.4, -0.2) is 10.5 Å². The van der Waals surface area contributed by atoms with Crippen molar-refractivity contribution >= 4 is 23.2 Å². The molecule has 23 heavy (non-hydrogen) atoms. The quantitative estimate of drug-likeness (QED) is 0.748. The molecule has 2 aromatic heterocycles. The second-order valence-corrected chi connectivity index (χ2v) is 5.47. The summed E-state index contributed by atoms with van der Waals surface area (Å²) in [5.41, 5.74) is 0.102. The predicted molar refractivity (Wildman–Crippen MR) is 85.9 cm³/mol. The van der Waals surface area contributed by atoms with Gasteiger partial charge < -0.3 is 14.3 Å². The Morgan fingerprint density at radius 2 is 2.04 bits per heavy atom. The van der Waals surface area contributed by atoms with E-state index in [1.807, 2.05) is 29.1 Å². The van der Waals surface area contributed by atoms with Crippen LogP contribution in [0, 0.1) is 5.82 Å². The third kappa shape index (κ3) is 3.63. The lowest BCUT2D eigenvalue weighted by molar-refractivity contribution is -0.116. The van der Waals surface area contributed by atoms with E-state index >= 15 is 0 Å². The van der Waals surface area contributed by atoms with Crippen LogP contribution in [0.15, 0.2) is 65.5 Å². The Kier molecular flexibility index (Phi) is 4.48. The van der Waals surface area contributed by atoms with Crippen LogP contribution < -0.4 is 5.32 Å². The van der Waals surface area contributed by atoms with E-state index in [4.69, 9.17) is 16.0 Å². The summed E-state index contributed by atoms with van der Waals surface area (Å²) in [5, 5.41) is 2.84. The Bertz CT molecular complexity index is 751. The van der Waals surface area contributed by atoms with Crippen molar-refractivity contribution < 1.29 is 13.6 Å². The summed E-state index contributed by atoms with van der Waals surface area (Å²) in [6.45, 7) is 0. The van der Waals surface area contributed by atoms with Gasteiger partial charge in [0.25, 0.3) is 0 Å². The van der Waals surface area contributed by atoms with Crippen molar-refractivity contribution in [2.75, 3.05) is 5.32 Å². The molecule has 0 aliphatic carbocycles. The first kappa shape index (κ1) is 15.4. The van der Waals surface area contributed by atoms with E-state index in [9.17, 15) is 9.18 Å². The van der Waals surface area contributed by atoms with Crippen molar-refractivity contribution in [1.29, 1.82) is 0 Å². The average Bonchev–Trinajstić information content (AvgIpc) is 3.21. The number of furan rings is 1. The number of nitrogens with zero attached hydrogens (tertiary/aromatic N) is 1. The molecule has 0 aliphatic heterocycles. The molecule has 0 saturated heterocycles. The molecular formula is C17H14ClFN2O2. The van der Waals surface area contributed by atoms with Crippen molar-refractivity contribution in [1.82, 2.24) is 4.57 Å². The Morgan fingerprint density at radius 1 is 1.26 bits per heavy atom. The van der Waals surface area contributed by atoms with Crippen LogP contribution in [0.1, 0.15) is 18.2 Å². The number of benzene rings is 1. The van der Waals surface area contributed by atoms with Crippen molar-refractivity contribution in [2.24, 2.45) is 0 Å². The molecular weight excluding hydrogens is 319 g/mol. The number of halogens is 2. The fraction of sp³-hybridized carbons (Fsp3) is 0.118. The molecule has 0 radical (unpaired) electrons. The predicted octanol–water partition coefficient (Wildman–Crippen LogP) is 4.49. The lowest BCUT2D eigenvalue weighted by atomic mass is 10.1. The first-order valence-corrected chi connectivity index (χ1v) is 7.42. The summed E-state index contributed by atoms with van der Waals surface area (Å²) < 4.78 is 21.1. The summed E-state index contributed by atoms with van der Waals surface area (Å²) in [6, 6.07) is 11.1. The van der Waals surface area contributed by atoms with Crippen LogP contribution in [0.2, 0.25) is 5.02 Å². The second-order valence-electron chi connectivity index (χ2n) is 5.04. The molecule has 1 atom stereocenters. The molecule has 2 heterocycles. The number of hydrogen-bond acceptors (Lipinski definition) is 2. The number of carbonyl (C=O) groups is 1. The summed E-state index contributed by atoms with van der Waals surface area (Å²) in [4.78, 5) is 12.3. The van der Waals surface area contributed by atoms with Crippen LogP contribution in [0.25, 0.3) is 0 Å². The number of aromatic nitrogens is 1. The number of anilines is 1. The smallest absolute Gasteiger partial charge is 0.227 e. The molecule has 1 N–H and O–H groups in total. The van der Waals surface area contributed by atoms with E-state index in [1.165, 1.54) is 12.1 Å². The van der Waals surface area contributed by atoms with Gasteiger partial charge in [0.05, 0.1) is 24.4 Å². The highest BCUT2D eigenvalue weighted by Gasteiger charge is 2.20.